The molecule has 0 atom stereocenters. The smallest absolute Gasteiger partial charge is 0.141 e. The first-order chi connectivity index (χ1) is 7.44. The van der Waals surface area contributed by atoms with Crippen LogP contribution in [0.2, 0.25) is 5.02 Å². The Labute approximate surface area is 101 Å². The normalized spacial score (nSPS) is 11.6. The van der Waals surface area contributed by atoms with Crippen molar-refractivity contribution < 1.29 is 4.39 Å². The van der Waals surface area contributed by atoms with E-state index in [-0.39, 0.29) is 10.4 Å². The van der Waals surface area contributed by atoms with E-state index in [1.807, 2.05) is 0 Å². The number of nitrogens with two attached hydrogens (primary N) is 1. The first-order valence-corrected chi connectivity index (χ1v) is 5.71. The highest BCUT2D eigenvalue weighted by Gasteiger charge is 2.14. The summed E-state index contributed by atoms with van der Waals surface area (Å²) in [6.45, 7) is 5.68. The highest BCUT2D eigenvalue weighted by atomic mass is 35.5. The third kappa shape index (κ3) is 3.99. The molecule has 0 aliphatic heterocycles. The molecule has 0 saturated heterocycles. The van der Waals surface area contributed by atoms with E-state index in [1.165, 1.54) is 6.07 Å². The maximum absolute atomic E-state index is 12.9. The molecule has 2 nitrogen and oxygen atoms in total. The van der Waals surface area contributed by atoms with Gasteiger partial charge in [-0.05, 0) is 36.6 Å². The topological polar surface area (TPSA) is 38.0 Å². The van der Waals surface area contributed by atoms with Gasteiger partial charge in [0.2, 0.25) is 0 Å². The van der Waals surface area contributed by atoms with Crippen molar-refractivity contribution in [3.8, 4) is 0 Å². The van der Waals surface area contributed by atoms with E-state index < -0.39 is 5.82 Å². The second kappa shape index (κ2) is 5.51. The highest BCUT2D eigenvalue weighted by Crippen LogP contribution is 2.21. The van der Waals surface area contributed by atoms with Crippen LogP contribution in [-0.4, -0.2) is 13.1 Å². The first-order valence-electron chi connectivity index (χ1n) is 5.33. The Bertz CT molecular complexity index is 353. The van der Waals surface area contributed by atoms with Crippen LogP contribution in [0.15, 0.2) is 18.2 Å². The lowest BCUT2D eigenvalue weighted by Crippen LogP contribution is -2.26. The van der Waals surface area contributed by atoms with Gasteiger partial charge in [-0.25, -0.2) is 4.39 Å². The van der Waals surface area contributed by atoms with Crippen molar-refractivity contribution in [3.05, 3.63) is 29.0 Å². The number of anilines is 1. The van der Waals surface area contributed by atoms with Crippen LogP contribution < -0.4 is 11.1 Å². The summed E-state index contributed by atoms with van der Waals surface area (Å²) < 4.78 is 12.9. The molecule has 0 spiro atoms. The Hall–Kier alpha value is -0.800. The number of halogens is 2. The minimum Gasteiger partial charge on any atom is -0.385 e. The fourth-order valence-electron chi connectivity index (χ4n) is 1.25. The molecular formula is C12H18ClFN2. The molecule has 0 aliphatic carbocycles. The van der Waals surface area contributed by atoms with Crippen molar-refractivity contribution in [2.45, 2.75) is 20.3 Å². The van der Waals surface area contributed by atoms with Crippen LogP contribution in [0, 0.1) is 11.2 Å². The third-order valence-electron chi connectivity index (χ3n) is 2.60. The van der Waals surface area contributed by atoms with Gasteiger partial charge in [-0.3, -0.25) is 0 Å². The maximum atomic E-state index is 12.9. The van der Waals surface area contributed by atoms with Gasteiger partial charge < -0.3 is 11.1 Å². The van der Waals surface area contributed by atoms with Crippen molar-refractivity contribution in [3.63, 3.8) is 0 Å². The Morgan fingerprint density at radius 2 is 2.12 bits per heavy atom. The van der Waals surface area contributed by atoms with Gasteiger partial charge in [0.1, 0.15) is 5.82 Å². The van der Waals surface area contributed by atoms with E-state index in [9.17, 15) is 4.39 Å². The molecule has 0 aromatic heterocycles. The minimum atomic E-state index is -0.394. The van der Waals surface area contributed by atoms with Gasteiger partial charge in [-0.2, -0.15) is 0 Å². The van der Waals surface area contributed by atoms with Gasteiger partial charge in [0, 0.05) is 12.2 Å². The van der Waals surface area contributed by atoms with Crippen LogP contribution in [0.25, 0.3) is 0 Å². The highest BCUT2D eigenvalue weighted by molar-refractivity contribution is 6.31. The number of hydrogen-bond acceptors (Lipinski definition) is 2. The zero-order valence-electron chi connectivity index (χ0n) is 9.69. The summed E-state index contributed by atoms with van der Waals surface area (Å²) in [6, 6.07) is 4.63. The molecule has 3 N–H and O–H groups in total. The largest absolute Gasteiger partial charge is 0.385 e. The molecule has 16 heavy (non-hydrogen) atoms. The Balaban J connectivity index is 2.46. The summed E-state index contributed by atoms with van der Waals surface area (Å²) in [5.41, 5.74) is 6.59. The number of rotatable bonds is 5. The third-order valence-corrected chi connectivity index (χ3v) is 2.89. The van der Waals surface area contributed by atoms with E-state index in [2.05, 4.69) is 19.2 Å². The molecule has 0 saturated carbocycles. The number of benzene rings is 1. The van der Waals surface area contributed by atoms with Gasteiger partial charge >= 0.3 is 0 Å². The molecule has 1 rings (SSSR count). The van der Waals surface area contributed by atoms with Crippen molar-refractivity contribution in [2.75, 3.05) is 18.4 Å². The molecular weight excluding hydrogens is 227 g/mol. The minimum absolute atomic E-state index is 0.122. The molecule has 0 bridgehead atoms. The summed E-state index contributed by atoms with van der Waals surface area (Å²) in [5.74, 6) is -0.394. The summed E-state index contributed by atoms with van der Waals surface area (Å²) in [4.78, 5) is 0. The van der Waals surface area contributed by atoms with Crippen molar-refractivity contribution in [1.82, 2.24) is 0 Å². The SMILES string of the molecule is CC(C)(CN)CCNc1ccc(F)c(Cl)c1. The second-order valence-electron chi connectivity index (χ2n) is 4.67. The number of hydrogen-bond donors (Lipinski definition) is 2. The zero-order chi connectivity index (χ0) is 12.2. The predicted octanol–water partition coefficient (Wildman–Crippen LogP) is 3.27. The van der Waals surface area contributed by atoms with Gasteiger partial charge in [-0.15, -0.1) is 0 Å². The van der Waals surface area contributed by atoms with Crippen molar-refractivity contribution in [2.24, 2.45) is 11.1 Å². The van der Waals surface area contributed by atoms with E-state index in [0.717, 1.165) is 18.7 Å². The fraction of sp³-hybridized carbons (Fsp3) is 0.500. The lowest BCUT2D eigenvalue weighted by Gasteiger charge is -2.22. The second-order valence-corrected chi connectivity index (χ2v) is 5.08. The van der Waals surface area contributed by atoms with Crippen LogP contribution in [0.5, 0.6) is 0 Å². The van der Waals surface area contributed by atoms with Crippen LogP contribution in [0.4, 0.5) is 10.1 Å². The molecule has 0 unspecified atom stereocenters. The predicted molar refractivity (Wildman–Crippen MR) is 67.4 cm³/mol. The van der Waals surface area contributed by atoms with Crippen LogP contribution in [0.1, 0.15) is 20.3 Å². The molecule has 90 valence electrons. The van der Waals surface area contributed by atoms with E-state index in [0.29, 0.717) is 6.54 Å². The van der Waals surface area contributed by atoms with Crippen LogP contribution in [-0.2, 0) is 0 Å². The van der Waals surface area contributed by atoms with Crippen LogP contribution >= 0.6 is 11.6 Å². The van der Waals surface area contributed by atoms with E-state index in [4.69, 9.17) is 17.3 Å². The van der Waals surface area contributed by atoms with Crippen molar-refractivity contribution >= 4 is 17.3 Å². The van der Waals surface area contributed by atoms with Crippen molar-refractivity contribution in [1.29, 1.82) is 0 Å². The van der Waals surface area contributed by atoms with Gasteiger partial charge in [0.05, 0.1) is 5.02 Å². The quantitative estimate of drug-likeness (QED) is 0.834. The average Bonchev–Trinajstić information content (AvgIpc) is 2.23. The molecule has 0 heterocycles. The average molecular weight is 245 g/mol. The van der Waals surface area contributed by atoms with E-state index >= 15 is 0 Å². The first kappa shape index (κ1) is 13.3. The van der Waals surface area contributed by atoms with Gasteiger partial charge in [-0.1, -0.05) is 25.4 Å². The lowest BCUT2D eigenvalue weighted by molar-refractivity contribution is 0.358. The van der Waals surface area contributed by atoms with Gasteiger partial charge in [0.25, 0.3) is 0 Å². The number of nitrogens with one attached hydrogen (secondary N) is 1. The maximum Gasteiger partial charge on any atom is 0.141 e. The summed E-state index contributed by atoms with van der Waals surface area (Å²) in [7, 11) is 0. The summed E-state index contributed by atoms with van der Waals surface area (Å²) in [6.07, 6.45) is 0.957. The fourth-order valence-corrected chi connectivity index (χ4v) is 1.43. The van der Waals surface area contributed by atoms with E-state index in [1.54, 1.807) is 12.1 Å². The zero-order valence-corrected chi connectivity index (χ0v) is 10.4. The Morgan fingerprint density at radius 3 is 2.69 bits per heavy atom. The monoisotopic (exact) mass is 244 g/mol. The molecule has 0 amide bonds. The van der Waals surface area contributed by atoms with Crippen LogP contribution in [0.3, 0.4) is 0 Å². The van der Waals surface area contributed by atoms with Gasteiger partial charge in [0.15, 0.2) is 0 Å². The molecule has 0 aliphatic rings. The molecule has 4 heteroatoms. The lowest BCUT2D eigenvalue weighted by atomic mass is 9.90. The summed E-state index contributed by atoms with van der Waals surface area (Å²) >= 11 is 5.67. The Kier molecular flexibility index (Phi) is 4.56. The summed E-state index contributed by atoms with van der Waals surface area (Å²) in [5, 5.41) is 3.34. The molecule has 1 aromatic carbocycles. The molecule has 0 fully saturated rings. The molecule has 0 radical (unpaired) electrons. The Morgan fingerprint density at radius 1 is 1.44 bits per heavy atom. The molecule has 1 aromatic rings. The standard InChI is InChI=1S/C12H18ClFN2/c1-12(2,8-15)5-6-16-9-3-4-11(14)10(13)7-9/h3-4,7,16H,5-6,8,15H2,1-2H3.